The molecule has 2 rings (SSSR count). The average molecular weight is 287 g/mol. The third-order valence-electron chi connectivity index (χ3n) is 5.13. The molecule has 1 aromatic rings. The van der Waals surface area contributed by atoms with Crippen LogP contribution in [0.15, 0.2) is 12.1 Å². The Hall–Kier alpha value is -0.820. The van der Waals surface area contributed by atoms with Gasteiger partial charge in [0.05, 0.1) is 0 Å². The molecule has 0 atom stereocenters. The lowest BCUT2D eigenvalue weighted by Crippen LogP contribution is -2.27. The molecule has 0 amide bonds. The number of aryl methyl sites for hydroxylation is 1. The zero-order chi connectivity index (χ0) is 15.2. The number of hydrogen-bond acceptors (Lipinski definition) is 1. The third kappa shape index (κ3) is 4.10. The Kier molecular flexibility index (Phi) is 6.29. The van der Waals surface area contributed by atoms with Crippen molar-refractivity contribution in [2.45, 2.75) is 78.1 Å². The topological polar surface area (TPSA) is 12.0 Å². The van der Waals surface area contributed by atoms with Gasteiger partial charge in [-0.05, 0) is 81.1 Å². The van der Waals surface area contributed by atoms with Gasteiger partial charge in [-0.15, -0.1) is 0 Å². The zero-order valence-corrected chi connectivity index (χ0v) is 14.5. The van der Waals surface area contributed by atoms with Gasteiger partial charge in [-0.3, -0.25) is 0 Å². The summed E-state index contributed by atoms with van der Waals surface area (Å²) < 4.78 is 0. The minimum Gasteiger partial charge on any atom is -0.317 e. The fourth-order valence-corrected chi connectivity index (χ4v) is 4.05. The van der Waals surface area contributed by atoms with Crippen LogP contribution in [0, 0.1) is 13.8 Å². The summed E-state index contributed by atoms with van der Waals surface area (Å²) in [6.45, 7) is 11.7. The maximum absolute atomic E-state index is 3.50. The van der Waals surface area contributed by atoms with Gasteiger partial charge in [0.1, 0.15) is 0 Å². The van der Waals surface area contributed by atoms with Crippen LogP contribution < -0.4 is 5.32 Å². The summed E-state index contributed by atoms with van der Waals surface area (Å²) in [5.74, 6) is 1.54. The normalized spacial score (nSPS) is 16.6. The van der Waals surface area contributed by atoms with E-state index in [1.54, 1.807) is 16.7 Å². The summed E-state index contributed by atoms with van der Waals surface area (Å²) >= 11 is 0. The van der Waals surface area contributed by atoms with Gasteiger partial charge in [0.25, 0.3) is 0 Å². The highest BCUT2D eigenvalue weighted by Gasteiger charge is 2.21. The fourth-order valence-electron chi connectivity index (χ4n) is 4.05. The minimum atomic E-state index is 0.764. The van der Waals surface area contributed by atoms with Crippen LogP contribution in [0.5, 0.6) is 0 Å². The van der Waals surface area contributed by atoms with Crippen LogP contribution in [0.25, 0.3) is 0 Å². The average Bonchev–Trinajstić information content (AvgIpc) is 2.50. The quantitative estimate of drug-likeness (QED) is 0.733. The summed E-state index contributed by atoms with van der Waals surface area (Å²) in [5.41, 5.74) is 6.34. The summed E-state index contributed by atoms with van der Waals surface area (Å²) in [6.07, 6.45) is 7.86. The fraction of sp³-hybridized carbons (Fsp3) is 0.700. The minimum absolute atomic E-state index is 0.764. The molecule has 0 aliphatic carbocycles. The molecule has 1 heteroatoms. The highest BCUT2D eigenvalue weighted by molar-refractivity contribution is 5.42. The Morgan fingerprint density at radius 1 is 1.05 bits per heavy atom. The molecule has 0 aromatic heterocycles. The molecule has 1 nitrogen and oxygen atoms in total. The summed E-state index contributed by atoms with van der Waals surface area (Å²) in [5, 5.41) is 3.50. The molecule has 0 saturated carbocycles. The molecule has 1 saturated heterocycles. The number of piperidine rings is 1. The predicted molar refractivity (Wildman–Crippen MR) is 93.3 cm³/mol. The molecule has 1 aliphatic heterocycles. The van der Waals surface area contributed by atoms with Crippen molar-refractivity contribution >= 4 is 0 Å². The van der Waals surface area contributed by atoms with Gasteiger partial charge in [0.15, 0.2) is 0 Å². The van der Waals surface area contributed by atoms with Crippen molar-refractivity contribution in [3.05, 3.63) is 34.4 Å². The second-order valence-corrected chi connectivity index (χ2v) is 6.87. The zero-order valence-electron chi connectivity index (χ0n) is 14.5. The van der Waals surface area contributed by atoms with E-state index in [9.17, 15) is 0 Å². The molecule has 0 unspecified atom stereocenters. The predicted octanol–water partition coefficient (Wildman–Crippen LogP) is 5.45. The maximum Gasteiger partial charge on any atom is -0.00431 e. The van der Waals surface area contributed by atoms with E-state index in [1.807, 2.05) is 0 Å². The molecule has 21 heavy (non-hydrogen) atoms. The molecule has 1 aliphatic rings. The Labute approximate surface area is 131 Å². The molecule has 1 fully saturated rings. The van der Waals surface area contributed by atoms with Crippen molar-refractivity contribution in [1.29, 1.82) is 0 Å². The lowest BCUT2D eigenvalue weighted by molar-refractivity contribution is 0.457. The summed E-state index contributed by atoms with van der Waals surface area (Å²) in [7, 11) is 0. The van der Waals surface area contributed by atoms with Crippen LogP contribution in [0.4, 0.5) is 0 Å². The standard InChI is InChI=1S/C20H33N/c1-5-7-17(8-6-2)19-13-15(3)14-20(16(19)4)18-9-11-21-12-10-18/h13-14,17-18,21H,5-12H2,1-4H3. The van der Waals surface area contributed by atoms with E-state index in [0.717, 1.165) is 11.8 Å². The largest absolute Gasteiger partial charge is 0.317 e. The Morgan fingerprint density at radius 2 is 1.67 bits per heavy atom. The Morgan fingerprint density at radius 3 is 2.24 bits per heavy atom. The molecule has 1 heterocycles. The van der Waals surface area contributed by atoms with Crippen LogP contribution in [-0.2, 0) is 0 Å². The van der Waals surface area contributed by atoms with Gasteiger partial charge in [0, 0.05) is 0 Å². The van der Waals surface area contributed by atoms with Gasteiger partial charge in [-0.25, -0.2) is 0 Å². The van der Waals surface area contributed by atoms with Gasteiger partial charge >= 0.3 is 0 Å². The maximum atomic E-state index is 3.50. The molecule has 0 bridgehead atoms. The van der Waals surface area contributed by atoms with Crippen molar-refractivity contribution < 1.29 is 0 Å². The summed E-state index contributed by atoms with van der Waals surface area (Å²) in [6, 6.07) is 4.93. The second-order valence-electron chi connectivity index (χ2n) is 6.87. The molecule has 1 N–H and O–H groups in total. The molecule has 1 aromatic carbocycles. The smallest absolute Gasteiger partial charge is 0.00431 e. The van der Waals surface area contributed by atoms with Gasteiger partial charge < -0.3 is 5.32 Å². The molecule has 0 radical (unpaired) electrons. The summed E-state index contributed by atoms with van der Waals surface area (Å²) in [4.78, 5) is 0. The molecular weight excluding hydrogens is 254 g/mol. The van der Waals surface area contributed by atoms with E-state index in [4.69, 9.17) is 0 Å². The number of rotatable bonds is 6. The van der Waals surface area contributed by atoms with Crippen molar-refractivity contribution in [3.8, 4) is 0 Å². The van der Waals surface area contributed by atoms with Crippen LogP contribution in [0.1, 0.15) is 86.5 Å². The second kappa shape index (κ2) is 7.98. The first-order valence-electron chi connectivity index (χ1n) is 8.99. The Bertz CT molecular complexity index is 437. The Balaban J connectivity index is 2.34. The van der Waals surface area contributed by atoms with Crippen LogP contribution in [0.3, 0.4) is 0 Å². The van der Waals surface area contributed by atoms with Crippen LogP contribution in [-0.4, -0.2) is 13.1 Å². The van der Waals surface area contributed by atoms with Crippen LogP contribution in [0.2, 0.25) is 0 Å². The van der Waals surface area contributed by atoms with Crippen molar-refractivity contribution in [2.75, 3.05) is 13.1 Å². The third-order valence-corrected chi connectivity index (χ3v) is 5.13. The van der Waals surface area contributed by atoms with E-state index >= 15 is 0 Å². The van der Waals surface area contributed by atoms with Crippen molar-refractivity contribution in [2.24, 2.45) is 0 Å². The highest BCUT2D eigenvalue weighted by atomic mass is 14.9. The molecule has 118 valence electrons. The van der Waals surface area contributed by atoms with Gasteiger partial charge in [-0.1, -0.05) is 44.4 Å². The van der Waals surface area contributed by atoms with Gasteiger partial charge in [-0.2, -0.15) is 0 Å². The molecular formula is C20H33N. The van der Waals surface area contributed by atoms with E-state index in [-0.39, 0.29) is 0 Å². The number of benzene rings is 1. The van der Waals surface area contributed by atoms with E-state index in [0.29, 0.717) is 0 Å². The lowest BCUT2D eigenvalue weighted by atomic mass is 9.80. The molecule has 0 spiro atoms. The first-order valence-corrected chi connectivity index (χ1v) is 8.99. The monoisotopic (exact) mass is 287 g/mol. The van der Waals surface area contributed by atoms with Crippen molar-refractivity contribution in [1.82, 2.24) is 5.32 Å². The SMILES string of the molecule is CCCC(CCC)c1cc(C)cc(C2CCNCC2)c1C. The first kappa shape index (κ1) is 16.5. The van der Waals surface area contributed by atoms with E-state index < -0.39 is 0 Å². The van der Waals surface area contributed by atoms with E-state index in [1.165, 1.54) is 57.2 Å². The lowest BCUT2D eigenvalue weighted by Gasteiger charge is -2.28. The van der Waals surface area contributed by atoms with Gasteiger partial charge in [0.2, 0.25) is 0 Å². The number of nitrogens with one attached hydrogen (secondary N) is 1. The van der Waals surface area contributed by atoms with E-state index in [2.05, 4.69) is 45.1 Å². The van der Waals surface area contributed by atoms with Crippen LogP contribution >= 0.6 is 0 Å². The first-order chi connectivity index (χ1) is 10.2. The van der Waals surface area contributed by atoms with Crippen molar-refractivity contribution in [3.63, 3.8) is 0 Å². The highest BCUT2D eigenvalue weighted by Crippen LogP contribution is 2.36. The number of hydrogen-bond donors (Lipinski definition) is 1.